The van der Waals surface area contributed by atoms with E-state index in [9.17, 15) is 21.6 Å². The van der Waals surface area contributed by atoms with Crippen molar-refractivity contribution in [2.75, 3.05) is 24.4 Å². The number of sulfonamides is 1. The van der Waals surface area contributed by atoms with E-state index in [0.717, 1.165) is 10.6 Å². The predicted molar refractivity (Wildman–Crippen MR) is 55.9 cm³/mol. The van der Waals surface area contributed by atoms with Crippen molar-refractivity contribution in [3.8, 4) is 0 Å². The summed E-state index contributed by atoms with van der Waals surface area (Å²) in [5, 5.41) is 7.54. The van der Waals surface area contributed by atoms with Gasteiger partial charge in [0.1, 0.15) is 0 Å². The molecular weight excluding hydrogens is 258 g/mol. The largest absolute Gasteiger partial charge is 0.481 e. The van der Waals surface area contributed by atoms with Crippen LogP contribution in [0.1, 0.15) is 6.42 Å². The van der Waals surface area contributed by atoms with Gasteiger partial charge >= 0.3 is 5.97 Å². The Kier molecular flexibility index (Phi) is 3.60. The third-order valence-corrected chi connectivity index (χ3v) is 6.13. The zero-order valence-corrected chi connectivity index (χ0v) is 10.3. The number of hydrogen-bond acceptors (Lipinski definition) is 5. The second-order valence-corrected chi connectivity index (χ2v) is 8.41. The monoisotopic (exact) mass is 271 g/mol. The Morgan fingerprint density at radius 2 is 1.81 bits per heavy atom. The minimum atomic E-state index is -3.80. The van der Waals surface area contributed by atoms with Gasteiger partial charge < -0.3 is 5.11 Å². The van der Waals surface area contributed by atoms with E-state index < -0.39 is 30.9 Å². The summed E-state index contributed by atoms with van der Waals surface area (Å²) in [6.07, 6.45) is 0.754. The van der Waals surface area contributed by atoms with Crippen LogP contribution in [-0.2, 0) is 24.7 Å². The molecule has 1 rings (SSSR count). The van der Waals surface area contributed by atoms with Gasteiger partial charge in [-0.1, -0.05) is 0 Å². The van der Waals surface area contributed by atoms with Crippen LogP contribution in [0.15, 0.2) is 0 Å². The van der Waals surface area contributed by atoms with Gasteiger partial charge in [0.25, 0.3) is 0 Å². The Morgan fingerprint density at radius 3 is 2.19 bits per heavy atom. The number of hydrogen-bond donors (Lipinski definition) is 1. The number of carboxylic acid groups (broad SMARTS) is 1. The highest BCUT2D eigenvalue weighted by Gasteiger charge is 2.38. The van der Waals surface area contributed by atoms with Crippen LogP contribution in [-0.4, -0.2) is 56.6 Å². The Bertz CT molecular complexity index is 473. The molecule has 1 N–H and O–H groups in total. The minimum absolute atomic E-state index is 0.0875. The number of carbonyl (C=O) groups is 1. The second-order valence-electron chi connectivity index (χ2n) is 3.94. The van der Waals surface area contributed by atoms with Crippen LogP contribution < -0.4 is 0 Å². The Labute approximate surface area is 94.0 Å². The smallest absolute Gasteiger partial charge is 0.303 e. The van der Waals surface area contributed by atoms with E-state index in [1.165, 1.54) is 0 Å². The molecule has 0 aromatic heterocycles. The summed E-state index contributed by atoms with van der Waals surface area (Å²) in [6.45, 7) is 0.175. The molecule has 16 heavy (non-hydrogen) atoms. The van der Waals surface area contributed by atoms with Gasteiger partial charge in [0.2, 0.25) is 10.0 Å². The first-order chi connectivity index (χ1) is 7.10. The van der Waals surface area contributed by atoms with Gasteiger partial charge in [0.15, 0.2) is 14.9 Å². The van der Waals surface area contributed by atoms with Gasteiger partial charge in [0.05, 0.1) is 6.42 Å². The van der Waals surface area contributed by atoms with E-state index in [0.29, 0.717) is 0 Å². The van der Waals surface area contributed by atoms with E-state index in [1.54, 1.807) is 0 Å². The van der Waals surface area contributed by atoms with Gasteiger partial charge in [-0.25, -0.2) is 21.1 Å². The molecule has 0 saturated carbocycles. The SMILES string of the molecule is CS(=O)(=O)CS(=O)(=O)N1CC(CC(=O)O)C1. The first-order valence-electron chi connectivity index (χ1n) is 4.47. The van der Waals surface area contributed by atoms with Crippen molar-refractivity contribution in [1.29, 1.82) is 0 Å². The molecule has 9 heteroatoms. The van der Waals surface area contributed by atoms with Crippen molar-refractivity contribution in [1.82, 2.24) is 4.31 Å². The molecule has 1 saturated heterocycles. The fourth-order valence-electron chi connectivity index (χ4n) is 1.47. The first kappa shape index (κ1) is 13.4. The van der Waals surface area contributed by atoms with E-state index in [4.69, 9.17) is 5.11 Å². The topological polar surface area (TPSA) is 109 Å². The lowest BCUT2D eigenvalue weighted by molar-refractivity contribution is -0.139. The van der Waals surface area contributed by atoms with Crippen LogP contribution >= 0.6 is 0 Å². The van der Waals surface area contributed by atoms with Crippen molar-refractivity contribution in [2.45, 2.75) is 6.42 Å². The maximum atomic E-state index is 11.5. The lowest BCUT2D eigenvalue weighted by Crippen LogP contribution is -2.51. The third kappa shape index (κ3) is 3.72. The van der Waals surface area contributed by atoms with Crippen LogP contribution in [0.25, 0.3) is 0 Å². The summed E-state index contributed by atoms with van der Waals surface area (Å²) >= 11 is 0. The molecule has 1 heterocycles. The summed E-state index contributed by atoms with van der Waals surface area (Å²) in [5.41, 5.74) is 0. The molecule has 94 valence electrons. The van der Waals surface area contributed by atoms with Crippen molar-refractivity contribution in [3.63, 3.8) is 0 Å². The molecule has 0 unspecified atom stereocenters. The van der Waals surface area contributed by atoms with Crippen molar-refractivity contribution in [2.24, 2.45) is 5.92 Å². The van der Waals surface area contributed by atoms with E-state index in [1.807, 2.05) is 0 Å². The van der Waals surface area contributed by atoms with Crippen LogP contribution in [0, 0.1) is 5.92 Å². The quantitative estimate of drug-likeness (QED) is 0.667. The van der Waals surface area contributed by atoms with E-state index in [-0.39, 0.29) is 25.4 Å². The normalized spacial score (nSPS) is 19.3. The standard InChI is InChI=1S/C7H13NO6S2/c1-15(11,12)5-16(13,14)8-3-6(4-8)2-7(9)10/h6H,2-5H2,1H3,(H,9,10). The maximum absolute atomic E-state index is 11.5. The molecule has 0 aliphatic carbocycles. The lowest BCUT2D eigenvalue weighted by Gasteiger charge is -2.36. The van der Waals surface area contributed by atoms with Crippen LogP contribution in [0.3, 0.4) is 0 Å². The molecule has 0 aromatic carbocycles. The molecule has 7 nitrogen and oxygen atoms in total. The van der Waals surface area contributed by atoms with E-state index in [2.05, 4.69) is 0 Å². The number of rotatable bonds is 5. The number of nitrogens with zero attached hydrogens (tertiary/aromatic N) is 1. The highest BCUT2D eigenvalue weighted by Crippen LogP contribution is 2.23. The summed E-state index contributed by atoms with van der Waals surface area (Å²) in [6, 6.07) is 0. The summed E-state index contributed by atoms with van der Waals surface area (Å²) in [5.74, 6) is -1.20. The average molecular weight is 271 g/mol. The van der Waals surface area contributed by atoms with Crippen LogP contribution in [0.5, 0.6) is 0 Å². The predicted octanol–water partition coefficient (Wildman–Crippen LogP) is -1.28. The zero-order chi connectivity index (χ0) is 12.6. The molecule has 1 fully saturated rings. The Hall–Kier alpha value is -0.670. The minimum Gasteiger partial charge on any atom is -0.481 e. The zero-order valence-electron chi connectivity index (χ0n) is 8.66. The molecule has 0 atom stereocenters. The molecule has 1 aliphatic heterocycles. The van der Waals surface area contributed by atoms with Gasteiger partial charge in [-0.05, 0) is 5.92 Å². The molecular formula is C7H13NO6S2. The Balaban J connectivity index is 2.54. The molecule has 0 spiro atoms. The summed E-state index contributed by atoms with van der Waals surface area (Å²) in [4.78, 5) is 10.3. The molecule has 0 aromatic rings. The summed E-state index contributed by atoms with van der Waals surface area (Å²) in [7, 11) is -7.39. The number of aliphatic carboxylic acids is 1. The lowest BCUT2D eigenvalue weighted by atomic mass is 10.00. The molecule has 0 amide bonds. The van der Waals surface area contributed by atoms with Crippen LogP contribution in [0.2, 0.25) is 0 Å². The third-order valence-electron chi connectivity index (χ3n) is 2.14. The van der Waals surface area contributed by atoms with Gasteiger partial charge in [-0.2, -0.15) is 0 Å². The van der Waals surface area contributed by atoms with E-state index >= 15 is 0 Å². The highest BCUT2D eigenvalue weighted by molar-refractivity contribution is 8.06. The van der Waals surface area contributed by atoms with Crippen LogP contribution in [0.4, 0.5) is 0 Å². The maximum Gasteiger partial charge on any atom is 0.303 e. The Morgan fingerprint density at radius 1 is 1.31 bits per heavy atom. The molecule has 1 aliphatic rings. The first-order valence-corrected chi connectivity index (χ1v) is 8.14. The van der Waals surface area contributed by atoms with Crippen molar-refractivity contribution >= 4 is 25.8 Å². The van der Waals surface area contributed by atoms with Crippen molar-refractivity contribution in [3.05, 3.63) is 0 Å². The second kappa shape index (κ2) is 4.30. The molecule has 0 radical (unpaired) electrons. The average Bonchev–Trinajstić information content (AvgIpc) is 1.89. The molecule has 0 bridgehead atoms. The van der Waals surface area contributed by atoms with Gasteiger partial charge in [-0.3, -0.25) is 4.79 Å². The van der Waals surface area contributed by atoms with Gasteiger partial charge in [0, 0.05) is 19.3 Å². The summed E-state index contributed by atoms with van der Waals surface area (Å²) < 4.78 is 45.6. The number of sulfone groups is 1. The van der Waals surface area contributed by atoms with Crippen molar-refractivity contribution < 1.29 is 26.7 Å². The van der Waals surface area contributed by atoms with Gasteiger partial charge in [-0.15, -0.1) is 0 Å². The number of carboxylic acids is 1. The fourth-order valence-corrected chi connectivity index (χ4v) is 5.11. The fraction of sp³-hybridized carbons (Fsp3) is 0.857. The highest BCUT2D eigenvalue weighted by atomic mass is 32.3.